The van der Waals surface area contributed by atoms with Crippen LogP contribution in [0.25, 0.3) is 0 Å². The van der Waals surface area contributed by atoms with Crippen molar-refractivity contribution in [2.24, 2.45) is 5.41 Å². The van der Waals surface area contributed by atoms with Crippen LogP contribution in [-0.2, 0) is 10.0 Å². The molecule has 0 aliphatic heterocycles. The Bertz CT molecular complexity index is 521. The summed E-state index contributed by atoms with van der Waals surface area (Å²) in [5.41, 5.74) is 0.0765. The second-order valence-electron chi connectivity index (χ2n) is 4.45. The summed E-state index contributed by atoms with van der Waals surface area (Å²) in [6, 6.07) is 1.46. The molecule has 0 saturated heterocycles. The second kappa shape index (κ2) is 5.58. The van der Waals surface area contributed by atoms with E-state index >= 15 is 0 Å². The van der Waals surface area contributed by atoms with Crippen LogP contribution in [-0.4, -0.2) is 20.8 Å². The van der Waals surface area contributed by atoms with Crippen molar-refractivity contribution in [3.05, 3.63) is 14.9 Å². The van der Waals surface area contributed by atoms with Gasteiger partial charge in [-0.25, -0.2) is 13.1 Å². The van der Waals surface area contributed by atoms with Gasteiger partial charge in [0.1, 0.15) is 4.21 Å². The van der Waals surface area contributed by atoms with Gasteiger partial charge in [-0.3, -0.25) is 0 Å². The first-order chi connectivity index (χ1) is 8.38. The van der Waals surface area contributed by atoms with Crippen LogP contribution in [0.1, 0.15) is 19.3 Å². The van der Waals surface area contributed by atoms with Gasteiger partial charge < -0.3 is 0 Å². The average molecular weight is 393 g/mol. The lowest BCUT2D eigenvalue weighted by molar-refractivity contribution is 0.478. The SMILES string of the molecule is O=S(=O)(NCC1(CCCl)CC1)c1cc(Cl)c(Br)s1. The molecule has 0 atom stereocenters. The molecule has 18 heavy (non-hydrogen) atoms. The molecule has 0 radical (unpaired) electrons. The number of sulfonamides is 1. The zero-order valence-electron chi connectivity index (χ0n) is 9.38. The van der Waals surface area contributed by atoms with E-state index in [1.165, 1.54) is 6.07 Å². The van der Waals surface area contributed by atoms with Crippen molar-refractivity contribution in [3.63, 3.8) is 0 Å². The molecular weight excluding hydrogens is 381 g/mol. The van der Waals surface area contributed by atoms with E-state index in [1.54, 1.807) is 0 Å². The van der Waals surface area contributed by atoms with E-state index in [-0.39, 0.29) is 9.62 Å². The Labute approximate surface area is 129 Å². The minimum absolute atomic E-state index is 0.0765. The van der Waals surface area contributed by atoms with Gasteiger partial charge in [0.15, 0.2) is 0 Å². The summed E-state index contributed by atoms with van der Waals surface area (Å²) in [5.74, 6) is 0.568. The fourth-order valence-electron chi connectivity index (χ4n) is 1.67. The second-order valence-corrected chi connectivity index (χ2v) is 9.60. The van der Waals surface area contributed by atoms with E-state index in [4.69, 9.17) is 23.2 Å². The topological polar surface area (TPSA) is 46.2 Å². The maximum absolute atomic E-state index is 12.1. The molecule has 3 nitrogen and oxygen atoms in total. The van der Waals surface area contributed by atoms with Gasteiger partial charge in [-0.05, 0) is 46.7 Å². The number of alkyl halides is 1. The highest BCUT2D eigenvalue weighted by atomic mass is 79.9. The van der Waals surface area contributed by atoms with Gasteiger partial charge in [-0.15, -0.1) is 22.9 Å². The molecule has 1 heterocycles. The van der Waals surface area contributed by atoms with E-state index in [9.17, 15) is 8.42 Å². The lowest BCUT2D eigenvalue weighted by Gasteiger charge is -2.13. The third-order valence-electron chi connectivity index (χ3n) is 3.11. The summed E-state index contributed by atoms with van der Waals surface area (Å²) in [5, 5.41) is 0.419. The molecule has 1 aliphatic carbocycles. The number of hydrogen-bond donors (Lipinski definition) is 1. The molecule has 0 spiro atoms. The van der Waals surface area contributed by atoms with E-state index in [1.807, 2.05) is 0 Å². The fourth-order valence-corrected chi connectivity index (χ4v) is 5.67. The summed E-state index contributed by atoms with van der Waals surface area (Å²) >= 11 is 15.9. The van der Waals surface area contributed by atoms with Gasteiger partial charge in [-0.2, -0.15) is 0 Å². The largest absolute Gasteiger partial charge is 0.250 e. The lowest BCUT2D eigenvalue weighted by atomic mass is 10.1. The highest BCUT2D eigenvalue weighted by Gasteiger charge is 2.42. The number of hydrogen-bond acceptors (Lipinski definition) is 3. The predicted molar refractivity (Wildman–Crippen MR) is 79.2 cm³/mol. The van der Waals surface area contributed by atoms with Crippen LogP contribution < -0.4 is 4.72 Å². The van der Waals surface area contributed by atoms with Crippen molar-refractivity contribution in [2.75, 3.05) is 12.4 Å². The van der Waals surface area contributed by atoms with Gasteiger partial charge in [-0.1, -0.05) is 11.6 Å². The van der Waals surface area contributed by atoms with Crippen LogP contribution in [0.3, 0.4) is 0 Å². The van der Waals surface area contributed by atoms with Crippen LogP contribution in [0.5, 0.6) is 0 Å². The number of thiophene rings is 1. The van der Waals surface area contributed by atoms with Gasteiger partial charge in [0.05, 0.1) is 8.81 Å². The molecule has 1 saturated carbocycles. The first-order valence-corrected chi connectivity index (χ1v) is 9.40. The molecule has 102 valence electrons. The highest BCUT2D eigenvalue weighted by molar-refractivity contribution is 9.11. The van der Waals surface area contributed by atoms with Crippen molar-refractivity contribution >= 4 is 60.5 Å². The molecule has 0 aromatic carbocycles. The Morgan fingerprint density at radius 1 is 1.50 bits per heavy atom. The molecule has 0 amide bonds. The van der Waals surface area contributed by atoms with Crippen molar-refractivity contribution in [2.45, 2.75) is 23.5 Å². The van der Waals surface area contributed by atoms with Gasteiger partial charge in [0, 0.05) is 12.4 Å². The van der Waals surface area contributed by atoms with Crippen LogP contribution in [0.15, 0.2) is 14.1 Å². The Morgan fingerprint density at radius 3 is 2.61 bits per heavy atom. The Hall–Kier alpha value is 0.670. The summed E-state index contributed by atoms with van der Waals surface area (Å²) in [7, 11) is -3.46. The monoisotopic (exact) mass is 391 g/mol. The third kappa shape index (κ3) is 3.41. The standard InChI is InChI=1S/C10H12BrCl2NO2S2/c11-9-7(13)5-8(17-9)18(15,16)14-6-10(1-2-10)3-4-12/h5,14H,1-4,6H2. The molecule has 1 N–H and O–H groups in total. The highest BCUT2D eigenvalue weighted by Crippen LogP contribution is 2.48. The van der Waals surface area contributed by atoms with E-state index < -0.39 is 10.0 Å². The van der Waals surface area contributed by atoms with Crippen LogP contribution in [0, 0.1) is 5.41 Å². The molecule has 2 rings (SSSR count). The van der Waals surface area contributed by atoms with E-state index in [0.29, 0.717) is 21.2 Å². The molecule has 1 aliphatic rings. The van der Waals surface area contributed by atoms with Crippen LogP contribution in [0.2, 0.25) is 5.02 Å². The maximum atomic E-state index is 12.1. The average Bonchev–Trinajstić information content (AvgIpc) is 2.98. The molecule has 0 unspecified atom stereocenters. The summed E-state index contributed by atoms with van der Waals surface area (Å²) in [6.45, 7) is 0.454. The Kier molecular flexibility index (Phi) is 4.67. The van der Waals surface area contributed by atoms with Gasteiger partial charge in [0.25, 0.3) is 0 Å². The molecule has 8 heteroatoms. The van der Waals surface area contributed by atoms with Crippen molar-refractivity contribution in [1.29, 1.82) is 0 Å². The molecule has 1 aromatic heterocycles. The third-order valence-corrected chi connectivity index (χ3v) is 7.65. The van der Waals surface area contributed by atoms with E-state index in [0.717, 1.165) is 30.6 Å². The number of halogens is 3. The quantitative estimate of drug-likeness (QED) is 0.747. The van der Waals surface area contributed by atoms with Gasteiger partial charge in [0.2, 0.25) is 10.0 Å². The Balaban J connectivity index is 2.04. The zero-order chi connectivity index (χ0) is 13.4. The molecular formula is C10H12BrCl2NO2S2. The minimum Gasteiger partial charge on any atom is -0.210 e. The summed E-state index contributed by atoms with van der Waals surface area (Å²) in [6.07, 6.45) is 2.93. The normalized spacial score (nSPS) is 17.9. The first kappa shape index (κ1) is 15.1. The van der Waals surface area contributed by atoms with E-state index in [2.05, 4.69) is 20.7 Å². The zero-order valence-corrected chi connectivity index (χ0v) is 14.1. The predicted octanol–water partition coefficient (Wildman–Crippen LogP) is 3.85. The number of rotatable bonds is 6. The molecule has 0 bridgehead atoms. The fraction of sp³-hybridized carbons (Fsp3) is 0.600. The molecule has 1 aromatic rings. The van der Waals surface area contributed by atoms with Crippen molar-refractivity contribution in [1.82, 2.24) is 4.72 Å². The van der Waals surface area contributed by atoms with Crippen molar-refractivity contribution in [3.8, 4) is 0 Å². The number of nitrogens with one attached hydrogen (secondary N) is 1. The Morgan fingerprint density at radius 2 is 2.17 bits per heavy atom. The van der Waals surface area contributed by atoms with Gasteiger partial charge >= 0.3 is 0 Å². The summed E-state index contributed by atoms with van der Waals surface area (Å²) < 4.78 is 27.6. The summed E-state index contributed by atoms with van der Waals surface area (Å²) in [4.78, 5) is 0. The smallest absolute Gasteiger partial charge is 0.210 e. The first-order valence-electron chi connectivity index (χ1n) is 5.39. The van der Waals surface area contributed by atoms with Crippen LogP contribution in [0.4, 0.5) is 0 Å². The van der Waals surface area contributed by atoms with Crippen LogP contribution >= 0.6 is 50.5 Å². The minimum atomic E-state index is -3.46. The molecule has 1 fully saturated rings. The maximum Gasteiger partial charge on any atom is 0.250 e. The van der Waals surface area contributed by atoms with Crippen molar-refractivity contribution < 1.29 is 8.42 Å². The lowest BCUT2D eigenvalue weighted by Crippen LogP contribution is -2.30.